The van der Waals surface area contributed by atoms with E-state index in [1.165, 1.54) is 0 Å². The van der Waals surface area contributed by atoms with Gasteiger partial charge in [-0.15, -0.1) is 0 Å². The number of allylic oxidation sites excluding steroid dienone is 2. The molecular formula is C23H16BrN3O3. The van der Waals surface area contributed by atoms with Gasteiger partial charge in [-0.2, -0.15) is 0 Å². The van der Waals surface area contributed by atoms with Crippen LogP contribution in [0, 0.1) is 5.92 Å². The molecule has 1 N–H and O–H groups in total. The molecule has 1 aliphatic heterocycles. The van der Waals surface area contributed by atoms with Crippen LogP contribution in [0.2, 0.25) is 0 Å². The lowest BCUT2D eigenvalue weighted by molar-refractivity contribution is -0.152. The number of ether oxygens (including phenoxy) is 1. The van der Waals surface area contributed by atoms with Crippen LogP contribution < -0.4 is 5.32 Å². The second-order valence-corrected chi connectivity index (χ2v) is 7.96. The Hall–Kier alpha value is -3.45. The number of hydrogen-bond acceptors (Lipinski definition) is 4. The molecule has 7 heteroatoms. The highest BCUT2D eigenvalue weighted by Crippen LogP contribution is 2.29. The summed E-state index contributed by atoms with van der Waals surface area (Å²) in [7, 11) is 0. The highest BCUT2D eigenvalue weighted by atomic mass is 79.9. The third-order valence-electron chi connectivity index (χ3n) is 5.01. The first-order valence-corrected chi connectivity index (χ1v) is 10.2. The van der Waals surface area contributed by atoms with Crippen LogP contribution in [0.1, 0.15) is 0 Å². The van der Waals surface area contributed by atoms with Gasteiger partial charge in [-0.05, 0) is 48.1 Å². The van der Waals surface area contributed by atoms with E-state index in [2.05, 4.69) is 26.2 Å². The van der Waals surface area contributed by atoms with E-state index < -0.39 is 23.9 Å². The number of carbonyl (C=O) groups is 2. The predicted octanol–water partition coefficient (Wildman–Crippen LogP) is 4.26. The zero-order valence-corrected chi connectivity index (χ0v) is 17.2. The fourth-order valence-electron chi connectivity index (χ4n) is 3.49. The number of nitrogens with one attached hydrogen (secondary N) is 1. The van der Waals surface area contributed by atoms with Crippen LogP contribution in [0.5, 0.6) is 0 Å². The summed E-state index contributed by atoms with van der Waals surface area (Å²) in [6.07, 6.45) is 10.6. The minimum Gasteiger partial charge on any atom is -0.452 e. The van der Waals surface area contributed by atoms with Crippen LogP contribution in [-0.2, 0) is 14.3 Å². The first-order valence-electron chi connectivity index (χ1n) is 9.39. The molecule has 2 unspecified atom stereocenters. The number of benzene rings is 1. The molecule has 0 fully saturated rings. The van der Waals surface area contributed by atoms with Crippen LogP contribution in [0.4, 0.5) is 5.69 Å². The van der Waals surface area contributed by atoms with Crippen LogP contribution >= 0.6 is 15.9 Å². The lowest BCUT2D eigenvalue weighted by Crippen LogP contribution is -2.36. The second kappa shape index (κ2) is 7.42. The Labute approximate surface area is 180 Å². The average Bonchev–Trinajstić information content (AvgIpc) is 3.18. The number of anilines is 1. The number of amides is 1. The molecule has 3 aromatic rings. The van der Waals surface area contributed by atoms with Gasteiger partial charge in [0.1, 0.15) is 11.8 Å². The quantitative estimate of drug-likeness (QED) is 0.467. The van der Waals surface area contributed by atoms with Crippen molar-refractivity contribution in [3.8, 4) is 11.3 Å². The van der Waals surface area contributed by atoms with Gasteiger partial charge in [0.2, 0.25) is 5.91 Å². The van der Waals surface area contributed by atoms with E-state index in [1.807, 2.05) is 59.3 Å². The molecule has 0 saturated carbocycles. The van der Waals surface area contributed by atoms with Gasteiger partial charge in [-0.1, -0.05) is 40.2 Å². The Bertz CT molecular complexity index is 1220. The molecule has 0 spiro atoms. The van der Waals surface area contributed by atoms with Crippen molar-refractivity contribution in [1.82, 2.24) is 9.38 Å². The third kappa shape index (κ3) is 3.48. The topological polar surface area (TPSA) is 72.7 Å². The number of imidazole rings is 1. The van der Waals surface area contributed by atoms with Crippen molar-refractivity contribution in [2.45, 2.75) is 6.10 Å². The fraction of sp³-hybridized carbons (Fsp3) is 0.0870. The van der Waals surface area contributed by atoms with E-state index in [0.717, 1.165) is 27.0 Å². The molecule has 0 saturated heterocycles. The molecule has 1 amide bonds. The number of halogens is 1. The molecule has 1 aromatic carbocycles. The summed E-state index contributed by atoms with van der Waals surface area (Å²) in [6, 6.07) is 13.2. The van der Waals surface area contributed by atoms with Crippen molar-refractivity contribution in [3.63, 3.8) is 0 Å². The van der Waals surface area contributed by atoms with Gasteiger partial charge >= 0.3 is 5.97 Å². The average molecular weight is 462 g/mol. The summed E-state index contributed by atoms with van der Waals surface area (Å²) in [5.74, 6) is -1.97. The van der Waals surface area contributed by atoms with Gasteiger partial charge < -0.3 is 14.5 Å². The number of carbonyl (C=O) groups excluding carboxylic acids is 2. The summed E-state index contributed by atoms with van der Waals surface area (Å²) in [5, 5.41) is 2.79. The normalized spacial score (nSPS) is 20.2. The first kappa shape index (κ1) is 18.6. The molecule has 2 aromatic heterocycles. The summed E-state index contributed by atoms with van der Waals surface area (Å²) < 4.78 is 8.20. The molecule has 30 heavy (non-hydrogen) atoms. The van der Waals surface area contributed by atoms with Crippen LogP contribution in [0.15, 0.2) is 89.2 Å². The van der Waals surface area contributed by atoms with Crippen LogP contribution in [0.25, 0.3) is 16.9 Å². The van der Waals surface area contributed by atoms with E-state index in [-0.39, 0.29) is 0 Å². The van der Waals surface area contributed by atoms with Crippen molar-refractivity contribution in [2.24, 2.45) is 5.92 Å². The van der Waals surface area contributed by atoms with Crippen LogP contribution in [-0.4, -0.2) is 27.4 Å². The SMILES string of the molecule is O=C(Nc1ccc(-c2cn3ccccc3n2)cc1)C1C=C2C=C(Br)C=CC2OC1=O. The summed E-state index contributed by atoms with van der Waals surface area (Å²) in [6.45, 7) is 0. The highest BCUT2D eigenvalue weighted by Gasteiger charge is 2.34. The summed E-state index contributed by atoms with van der Waals surface area (Å²) >= 11 is 3.40. The number of hydrogen-bond donors (Lipinski definition) is 1. The maximum atomic E-state index is 12.7. The number of rotatable bonds is 3. The third-order valence-corrected chi connectivity index (χ3v) is 5.51. The van der Waals surface area contributed by atoms with Gasteiger partial charge in [0.15, 0.2) is 5.92 Å². The maximum Gasteiger partial charge on any atom is 0.323 e. The van der Waals surface area contributed by atoms with Crippen molar-refractivity contribution in [1.29, 1.82) is 0 Å². The van der Waals surface area contributed by atoms with E-state index in [4.69, 9.17) is 4.74 Å². The minimum atomic E-state index is -0.989. The maximum absolute atomic E-state index is 12.7. The largest absolute Gasteiger partial charge is 0.452 e. The Morgan fingerprint density at radius 3 is 2.80 bits per heavy atom. The zero-order valence-electron chi connectivity index (χ0n) is 15.7. The molecule has 1 aliphatic carbocycles. The molecule has 5 rings (SSSR count). The van der Waals surface area contributed by atoms with Crippen molar-refractivity contribution >= 4 is 39.1 Å². The molecule has 148 valence electrons. The molecule has 2 atom stereocenters. The minimum absolute atomic E-state index is 0.425. The molecule has 2 aliphatic rings. The summed E-state index contributed by atoms with van der Waals surface area (Å²) in [4.78, 5) is 29.6. The Morgan fingerprint density at radius 2 is 2.00 bits per heavy atom. The van der Waals surface area contributed by atoms with Gasteiger partial charge in [-0.3, -0.25) is 9.59 Å². The van der Waals surface area contributed by atoms with E-state index in [1.54, 1.807) is 24.3 Å². The number of nitrogens with zero attached hydrogens (tertiary/aromatic N) is 2. The van der Waals surface area contributed by atoms with E-state index in [0.29, 0.717) is 5.69 Å². The van der Waals surface area contributed by atoms with Gasteiger partial charge in [0.25, 0.3) is 0 Å². The molecule has 3 heterocycles. The predicted molar refractivity (Wildman–Crippen MR) is 117 cm³/mol. The van der Waals surface area contributed by atoms with Gasteiger partial charge in [0.05, 0.1) is 5.69 Å². The second-order valence-electron chi connectivity index (χ2n) is 7.05. The number of fused-ring (bicyclic) bond motifs is 2. The fourth-order valence-corrected chi connectivity index (χ4v) is 3.91. The molecule has 0 radical (unpaired) electrons. The Kier molecular flexibility index (Phi) is 4.59. The number of esters is 1. The lowest BCUT2D eigenvalue weighted by Gasteiger charge is -2.26. The number of aromatic nitrogens is 2. The summed E-state index contributed by atoms with van der Waals surface area (Å²) in [5.41, 5.74) is 4.02. The van der Waals surface area contributed by atoms with Crippen LogP contribution in [0.3, 0.4) is 0 Å². The zero-order chi connectivity index (χ0) is 20.7. The smallest absolute Gasteiger partial charge is 0.323 e. The van der Waals surface area contributed by atoms with E-state index >= 15 is 0 Å². The van der Waals surface area contributed by atoms with Crippen molar-refractivity contribution in [2.75, 3.05) is 5.32 Å². The number of pyridine rings is 1. The first-order chi connectivity index (χ1) is 14.6. The highest BCUT2D eigenvalue weighted by molar-refractivity contribution is 9.11. The standard InChI is InChI=1S/C23H16BrN3O3/c24-16-6-9-20-15(11-16)12-18(23(29)30-20)22(28)25-17-7-4-14(5-8-17)19-13-27-10-2-1-3-21(27)26-19/h1-13,18,20H,(H,25,28). The van der Waals surface area contributed by atoms with E-state index in [9.17, 15) is 9.59 Å². The molecule has 6 nitrogen and oxygen atoms in total. The van der Waals surface area contributed by atoms with Gasteiger partial charge in [0, 0.05) is 28.1 Å². The lowest BCUT2D eigenvalue weighted by atomic mass is 9.95. The molecular weight excluding hydrogens is 446 g/mol. The Balaban J connectivity index is 1.33. The Morgan fingerprint density at radius 1 is 1.17 bits per heavy atom. The molecule has 0 bridgehead atoms. The van der Waals surface area contributed by atoms with Crippen molar-refractivity contribution < 1.29 is 14.3 Å². The van der Waals surface area contributed by atoms with Crippen molar-refractivity contribution in [3.05, 3.63) is 89.2 Å². The monoisotopic (exact) mass is 461 g/mol. The van der Waals surface area contributed by atoms with Gasteiger partial charge in [-0.25, -0.2) is 4.98 Å².